The predicted molar refractivity (Wildman–Crippen MR) is 161 cm³/mol. The van der Waals surface area contributed by atoms with Crippen molar-refractivity contribution in [3.8, 4) is 0 Å². The first-order valence-corrected chi connectivity index (χ1v) is 16.4. The van der Waals surface area contributed by atoms with Gasteiger partial charge in [-0.25, -0.2) is 9.48 Å². The monoisotopic (exact) mass is 604 g/mol. The number of amides is 2. The molecule has 5 fully saturated rings. The second-order valence-corrected chi connectivity index (χ2v) is 14.0. The number of aryl methyl sites for hydroxylation is 1. The largest absolute Gasteiger partial charge is 0.392 e. The van der Waals surface area contributed by atoms with Crippen LogP contribution in [0.4, 0.5) is 4.79 Å². The Bertz CT molecular complexity index is 1380. The number of tetrazole rings is 1. The smallest absolute Gasteiger partial charge is 0.315 e. The van der Waals surface area contributed by atoms with E-state index in [1.807, 2.05) is 55.6 Å². The zero-order valence-electron chi connectivity index (χ0n) is 24.5. The molecule has 228 valence electrons. The molecule has 4 saturated carbocycles. The van der Waals surface area contributed by atoms with Gasteiger partial charge in [-0.1, -0.05) is 60.3 Å². The van der Waals surface area contributed by atoms with Crippen LogP contribution in [0.2, 0.25) is 0 Å². The van der Waals surface area contributed by atoms with E-state index in [1.165, 1.54) is 19.3 Å². The second-order valence-electron chi connectivity index (χ2n) is 13.0. The maximum atomic E-state index is 12.9. The summed E-state index contributed by atoms with van der Waals surface area (Å²) in [5.74, 6) is 3.07. The number of hydrogen-bond acceptors (Lipinski definition) is 8. The van der Waals surface area contributed by atoms with Crippen LogP contribution < -0.4 is 10.6 Å². The first kappa shape index (κ1) is 28.8. The van der Waals surface area contributed by atoms with E-state index in [0.29, 0.717) is 18.7 Å². The van der Waals surface area contributed by atoms with Gasteiger partial charge < -0.3 is 25.2 Å². The number of urea groups is 1. The molecule has 1 saturated heterocycles. The molecule has 11 heteroatoms. The SMILES string of the molecule is Cn1nnnc1SCC1CC(c2ccc(CO)cc2)OC(c2ccc(CNC(=O)NC34CC5CC(CC(C5)C3)C4)cc2)O1. The molecule has 3 atom stereocenters. The van der Waals surface area contributed by atoms with Crippen molar-refractivity contribution < 1.29 is 19.4 Å². The third-order valence-corrected chi connectivity index (χ3v) is 10.9. The molecule has 8 rings (SSSR count). The first-order valence-electron chi connectivity index (χ1n) is 15.4. The van der Waals surface area contributed by atoms with Gasteiger partial charge in [0, 0.05) is 36.9 Å². The van der Waals surface area contributed by atoms with Gasteiger partial charge >= 0.3 is 6.03 Å². The van der Waals surface area contributed by atoms with Crippen LogP contribution in [0.15, 0.2) is 53.7 Å². The van der Waals surface area contributed by atoms with Crippen molar-refractivity contribution in [1.29, 1.82) is 0 Å². The molecule has 1 aliphatic heterocycles. The summed E-state index contributed by atoms with van der Waals surface area (Å²) in [7, 11) is 1.82. The van der Waals surface area contributed by atoms with Gasteiger partial charge in [0.2, 0.25) is 5.16 Å². The number of benzene rings is 2. The number of ether oxygens (including phenoxy) is 2. The predicted octanol–water partition coefficient (Wildman–Crippen LogP) is 4.81. The summed E-state index contributed by atoms with van der Waals surface area (Å²) in [5.41, 5.74) is 3.87. The summed E-state index contributed by atoms with van der Waals surface area (Å²) >= 11 is 1.56. The summed E-state index contributed by atoms with van der Waals surface area (Å²) in [5, 5.41) is 28.4. The Hall–Kier alpha value is -2.99. The third-order valence-electron chi connectivity index (χ3n) is 9.72. The summed E-state index contributed by atoms with van der Waals surface area (Å²) in [6, 6.07) is 15.9. The molecule has 43 heavy (non-hydrogen) atoms. The molecule has 10 nitrogen and oxygen atoms in total. The van der Waals surface area contributed by atoms with Crippen LogP contribution in [0, 0.1) is 17.8 Å². The highest BCUT2D eigenvalue weighted by Crippen LogP contribution is 2.55. The number of aromatic nitrogens is 4. The highest BCUT2D eigenvalue weighted by molar-refractivity contribution is 7.99. The van der Waals surface area contributed by atoms with E-state index in [9.17, 15) is 9.90 Å². The Kier molecular flexibility index (Phi) is 8.15. The molecule has 3 aromatic rings. The van der Waals surface area contributed by atoms with E-state index in [0.717, 1.165) is 64.4 Å². The minimum atomic E-state index is -0.541. The van der Waals surface area contributed by atoms with Gasteiger partial charge in [0.05, 0.1) is 18.8 Å². The normalized spacial score (nSPS) is 31.2. The van der Waals surface area contributed by atoms with E-state index in [2.05, 4.69) is 26.2 Å². The van der Waals surface area contributed by atoms with Crippen LogP contribution >= 0.6 is 11.8 Å². The van der Waals surface area contributed by atoms with Gasteiger partial charge in [-0.05, 0) is 83.4 Å². The Morgan fingerprint density at radius 2 is 1.60 bits per heavy atom. The number of carbonyl (C=O) groups excluding carboxylic acids is 1. The van der Waals surface area contributed by atoms with E-state index in [1.54, 1.807) is 16.4 Å². The minimum absolute atomic E-state index is 0.00541. The molecule has 2 aromatic carbocycles. The Labute approximate surface area is 256 Å². The van der Waals surface area contributed by atoms with Crippen molar-refractivity contribution in [2.24, 2.45) is 24.8 Å². The number of rotatable bonds is 9. The van der Waals surface area contributed by atoms with Crippen LogP contribution in [-0.4, -0.2) is 48.7 Å². The quantitative estimate of drug-likeness (QED) is 0.298. The van der Waals surface area contributed by atoms with Crippen molar-refractivity contribution in [1.82, 2.24) is 30.8 Å². The topological polar surface area (TPSA) is 123 Å². The van der Waals surface area contributed by atoms with Crippen LogP contribution in [0.3, 0.4) is 0 Å². The van der Waals surface area contributed by atoms with Crippen LogP contribution in [-0.2, 0) is 29.7 Å². The maximum Gasteiger partial charge on any atom is 0.315 e. The lowest BCUT2D eigenvalue weighted by Gasteiger charge is -2.56. The number of aliphatic hydroxyl groups is 1. The van der Waals surface area contributed by atoms with Crippen molar-refractivity contribution >= 4 is 17.8 Å². The lowest BCUT2D eigenvalue weighted by Crippen LogP contribution is -2.61. The highest BCUT2D eigenvalue weighted by atomic mass is 32.2. The Morgan fingerprint density at radius 1 is 0.953 bits per heavy atom. The van der Waals surface area contributed by atoms with E-state index in [4.69, 9.17) is 9.47 Å². The van der Waals surface area contributed by atoms with Crippen molar-refractivity contribution in [2.75, 3.05) is 5.75 Å². The van der Waals surface area contributed by atoms with Crippen molar-refractivity contribution in [3.05, 3.63) is 70.8 Å². The molecule has 2 amide bonds. The minimum Gasteiger partial charge on any atom is -0.392 e. The van der Waals surface area contributed by atoms with Crippen molar-refractivity contribution in [3.63, 3.8) is 0 Å². The number of thioether (sulfide) groups is 1. The second kappa shape index (κ2) is 12.2. The van der Waals surface area contributed by atoms with Gasteiger partial charge in [-0.15, -0.1) is 5.10 Å². The molecule has 5 aliphatic rings. The van der Waals surface area contributed by atoms with Gasteiger partial charge in [-0.2, -0.15) is 0 Å². The fourth-order valence-electron chi connectivity index (χ4n) is 8.06. The molecule has 3 unspecified atom stereocenters. The lowest BCUT2D eigenvalue weighted by atomic mass is 9.53. The fraction of sp³-hybridized carbons (Fsp3) is 0.562. The number of nitrogens with zero attached hydrogens (tertiary/aromatic N) is 4. The fourth-order valence-corrected chi connectivity index (χ4v) is 8.92. The molecule has 4 aliphatic carbocycles. The lowest BCUT2D eigenvalue weighted by molar-refractivity contribution is -0.245. The van der Waals surface area contributed by atoms with E-state index < -0.39 is 6.29 Å². The molecular weight excluding hydrogens is 564 g/mol. The zero-order valence-corrected chi connectivity index (χ0v) is 25.3. The molecular formula is C32H40N6O4S. The van der Waals surface area contributed by atoms with Crippen LogP contribution in [0.5, 0.6) is 0 Å². The summed E-state index contributed by atoms with van der Waals surface area (Å²) in [4.78, 5) is 12.9. The molecule has 3 N–H and O–H groups in total. The average molecular weight is 605 g/mol. The molecule has 2 heterocycles. The molecule has 0 radical (unpaired) electrons. The van der Waals surface area contributed by atoms with Gasteiger partial charge in [0.1, 0.15) is 0 Å². The molecule has 1 aromatic heterocycles. The first-order chi connectivity index (χ1) is 20.9. The Morgan fingerprint density at radius 3 is 2.23 bits per heavy atom. The van der Waals surface area contributed by atoms with Crippen LogP contribution in [0.25, 0.3) is 0 Å². The summed E-state index contributed by atoms with van der Waals surface area (Å²) in [6.07, 6.45) is 7.41. The van der Waals surface area contributed by atoms with Gasteiger partial charge in [-0.3, -0.25) is 0 Å². The number of carbonyl (C=O) groups is 1. The number of nitrogens with one attached hydrogen (secondary N) is 2. The van der Waals surface area contributed by atoms with Crippen LogP contribution in [0.1, 0.15) is 79.6 Å². The number of aliphatic hydroxyl groups excluding tert-OH is 1. The average Bonchev–Trinajstić information content (AvgIpc) is 3.42. The van der Waals surface area contributed by atoms with E-state index >= 15 is 0 Å². The summed E-state index contributed by atoms with van der Waals surface area (Å²) < 4.78 is 14.6. The standard InChI is InChI=1S/C32H40N6O4S/c1-38-31(35-36-37-38)43-19-27-13-28(25-6-4-21(18-39)5-7-25)42-29(41-27)26-8-2-20(3-9-26)17-33-30(40)34-32-14-22-10-23(15-32)12-24(11-22)16-32/h2-9,22-24,27-29,39H,10-19H2,1H3,(H2,33,34,40). The maximum absolute atomic E-state index is 12.9. The third kappa shape index (κ3) is 6.45. The molecule has 4 bridgehead atoms. The number of hydrogen-bond donors (Lipinski definition) is 3. The van der Waals surface area contributed by atoms with E-state index in [-0.39, 0.29) is 30.4 Å². The Balaban J connectivity index is 0.984. The van der Waals surface area contributed by atoms with Gasteiger partial charge in [0.25, 0.3) is 0 Å². The van der Waals surface area contributed by atoms with Crippen molar-refractivity contribution in [2.45, 2.75) is 87.3 Å². The zero-order chi connectivity index (χ0) is 29.4. The van der Waals surface area contributed by atoms with Gasteiger partial charge in [0.15, 0.2) is 6.29 Å². The summed E-state index contributed by atoms with van der Waals surface area (Å²) in [6.45, 7) is 0.476. The highest BCUT2D eigenvalue weighted by Gasteiger charge is 2.51. The molecule has 0 spiro atoms.